The van der Waals surface area contributed by atoms with Crippen LogP contribution in [-0.2, 0) is 18.3 Å². The Balaban J connectivity index is 1.79. The molecule has 29 heavy (non-hydrogen) atoms. The zero-order valence-corrected chi connectivity index (χ0v) is 17.8. The SMILES string of the molecule is CCOCCn1c(C2CCCCC2)nc2ccc(-c3cc(C)c(=O)n(C)c3)cc21. The third-order valence-electron chi connectivity index (χ3n) is 6.11. The largest absolute Gasteiger partial charge is 0.380 e. The summed E-state index contributed by atoms with van der Waals surface area (Å²) in [5.41, 5.74) is 5.20. The summed E-state index contributed by atoms with van der Waals surface area (Å²) in [6, 6.07) is 8.44. The number of hydrogen-bond acceptors (Lipinski definition) is 3. The molecule has 0 bridgehead atoms. The predicted octanol–water partition coefficient (Wildman–Crippen LogP) is 4.79. The van der Waals surface area contributed by atoms with Crippen LogP contribution < -0.4 is 5.56 Å². The molecule has 2 heterocycles. The minimum absolute atomic E-state index is 0.0520. The number of aromatic nitrogens is 3. The van der Waals surface area contributed by atoms with Crippen molar-refractivity contribution in [3.05, 3.63) is 52.2 Å². The molecule has 0 spiro atoms. The average molecular weight is 394 g/mol. The highest BCUT2D eigenvalue weighted by molar-refractivity contribution is 5.82. The number of ether oxygens (including phenoxy) is 1. The van der Waals surface area contributed by atoms with Crippen LogP contribution >= 0.6 is 0 Å². The van der Waals surface area contributed by atoms with E-state index in [1.54, 1.807) is 4.57 Å². The van der Waals surface area contributed by atoms with E-state index >= 15 is 0 Å². The number of fused-ring (bicyclic) bond motifs is 1. The van der Waals surface area contributed by atoms with E-state index in [1.807, 2.05) is 33.2 Å². The first-order valence-corrected chi connectivity index (χ1v) is 10.8. The second-order valence-corrected chi connectivity index (χ2v) is 8.18. The molecule has 1 aliphatic rings. The highest BCUT2D eigenvalue weighted by Gasteiger charge is 2.22. The first-order valence-electron chi connectivity index (χ1n) is 10.8. The van der Waals surface area contributed by atoms with Crippen LogP contribution in [0.1, 0.15) is 56.3 Å². The first-order chi connectivity index (χ1) is 14.1. The van der Waals surface area contributed by atoms with E-state index in [-0.39, 0.29) is 5.56 Å². The Kier molecular flexibility index (Phi) is 5.86. The molecule has 3 aromatic rings. The average Bonchev–Trinajstić information content (AvgIpc) is 3.10. The summed E-state index contributed by atoms with van der Waals surface area (Å²) in [5.74, 6) is 1.76. The zero-order chi connectivity index (χ0) is 20.4. The molecule has 0 aliphatic heterocycles. The molecule has 5 heteroatoms. The van der Waals surface area contributed by atoms with Gasteiger partial charge in [0.05, 0.1) is 17.6 Å². The molecule has 2 aromatic heterocycles. The Morgan fingerprint density at radius 2 is 1.93 bits per heavy atom. The van der Waals surface area contributed by atoms with Gasteiger partial charge < -0.3 is 13.9 Å². The van der Waals surface area contributed by atoms with Gasteiger partial charge in [-0.2, -0.15) is 0 Å². The minimum Gasteiger partial charge on any atom is -0.380 e. The van der Waals surface area contributed by atoms with Gasteiger partial charge >= 0.3 is 0 Å². The fourth-order valence-electron chi connectivity index (χ4n) is 4.56. The van der Waals surface area contributed by atoms with Crippen molar-refractivity contribution in [3.63, 3.8) is 0 Å². The Morgan fingerprint density at radius 1 is 1.14 bits per heavy atom. The van der Waals surface area contributed by atoms with E-state index in [0.717, 1.165) is 40.9 Å². The van der Waals surface area contributed by atoms with Gasteiger partial charge in [0.1, 0.15) is 5.82 Å². The standard InChI is InChI=1S/C24H31N3O2/c1-4-29-13-12-27-22-15-19(20-14-17(2)24(28)26(3)16-20)10-11-21(22)25-23(27)18-8-6-5-7-9-18/h10-11,14-16,18H,4-9,12-13H2,1-3H3. The van der Waals surface area contributed by atoms with Gasteiger partial charge in [0, 0.05) is 37.9 Å². The molecule has 1 fully saturated rings. The lowest BCUT2D eigenvalue weighted by atomic mass is 9.88. The van der Waals surface area contributed by atoms with E-state index in [1.165, 1.54) is 37.9 Å². The number of aryl methyl sites for hydroxylation is 2. The maximum Gasteiger partial charge on any atom is 0.253 e. The smallest absolute Gasteiger partial charge is 0.253 e. The number of imidazole rings is 1. The Morgan fingerprint density at radius 3 is 2.66 bits per heavy atom. The van der Waals surface area contributed by atoms with Crippen molar-refractivity contribution < 1.29 is 4.74 Å². The lowest BCUT2D eigenvalue weighted by Gasteiger charge is -2.22. The quantitative estimate of drug-likeness (QED) is 0.566. The number of nitrogens with zero attached hydrogens (tertiary/aromatic N) is 3. The van der Waals surface area contributed by atoms with Gasteiger partial charge in [-0.1, -0.05) is 25.3 Å². The molecule has 0 radical (unpaired) electrons. The number of benzene rings is 1. The minimum atomic E-state index is 0.0520. The monoisotopic (exact) mass is 393 g/mol. The van der Waals surface area contributed by atoms with Crippen molar-refractivity contribution in [2.75, 3.05) is 13.2 Å². The third-order valence-corrected chi connectivity index (χ3v) is 6.11. The van der Waals surface area contributed by atoms with Crippen LogP contribution in [-0.4, -0.2) is 27.3 Å². The van der Waals surface area contributed by atoms with Crippen molar-refractivity contribution in [2.24, 2.45) is 7.05 Å². The van der Waals surface area contributed by atoms with Crippen molar-refractivity contribution in [1.82, 2.24) is 14.1 Å². The topological polar surface area (TPSA) is 49.1 Å². The van der Waals surface area contributed by atoms with Crippen LogP contribution in [0.15, 0.2) is 35.3 Å². The van der Waals surface area contributed by atoms with Gasteiger partial charge in [0.2, 0.25) is 0 Å². The molecular weight excluding hydrogens is 362 g/mol. The van der Waals surface area contributed by atoms with Gasteiger partial charge in [-0.05, 0) is 56.0 Å². The number of rotatable bonds is 6. The molecule has 0 atom stereocenters. The lowest BCUT2D eigenvalue weighted by molar-refractivity contribution is 0.138. The maximum absolute atomic E-state index is 12.1. The Bertz CT molecular complexity index is 1030. The summed E-state index contributed by atoms with van der Waals surface area (Å²) in [4.78, 5) is 17.1. The van der Waals surface area contributed by atoms with E-state index in [0.29, 0.717) is 12.5 Å². The summed E-state index contributed by atoms with van der Waals surface area (Å²) >= 11 is 0. The zero-order valence-electron chi connectivity index (χ0n) is 17.8. The summed E-state index contributed by atoms with van der Waals surface area (Å²) in [6.45, 7) is 6.16. The maximum atomic E-state index is 12.1. The lowest BCUT2D eigenvalue weighted by Crippen LogP contribution is -2.18. The van der Waals surface area contributed by atoms with Crippen molar-refractivity contribution in [1.29, 1.82) is 0 Å². The second kappa shape index (κ2) is 8.54. The summed E-state index contributed by atoms with van der Waals surface area (Å²) < 4.78 is 9.71. The molecule has 5 nitrogen and oxygen atoms in total. The van der Waals surface area contributed by atoms with Crippen LogP contribution in [0.5, 0.6) is 0 Å². The number of pyridine rings is 1. The van der Waals surface area contributed by atoms with Crippen molar-refractivity contribution >= 4 is 11.0 Å². The van der Waals surface area contributed by atoms with Crippen molar-refractivity contribution in [3.8, 4) is 11.1 Å². The van der Waals surface area contributed by atoms with Gasteiger partial charge in [-0.15, -0.1) is 0 Å². The van der Waals surface area contributed by atoms with Gasteiger partial charge in [-0.25, -0.2) is 4.98 Å². The fourth-order valence-corrected chi connectivity index (χ4v) is 4.56. The third kappa shape index (κ3) is 4.01. The highest BCUT2D eigenvalue weighted by Crippen LogP contribution is 2.35. The normalized spacial score (nSPS) is 15.3. The Hall–Kier alpha value is -2.40. The molecule has 0 saturated heterocycles. The second-order valence-electron chi connectivity index (χ2n) is 8.18. The molecule has 0 N–H and O–H groups in total. The Labute approximate surface area is 172 Å². The van der Waals surface area contributed by atoms with E-state index in [2.05, 4.69) is 22.8 Å². The molecule has 1 aromatic carbocycles. The van der Waals surface area contributed by atoms with Gasteiger partial charge in [0.15, 0.2) is 0 Å². The molecule has 0 amide bonds. The van der Waals surface area contributed by atoms with E-state index in [4.69, 9.17) is 9.72 Å². The van der Waals surface area contributed by atoms with Gasteiger partial charge in [-0.3, -0.25) is 4.79 Å². The van der Waals surface area contributed by atoms with E-state index in [9.17, 15) is 4.79 Å². The van der Waals surface area contributed by atoms with Crippen LogP contribution in [0.3, 0.4) is 0 Å². The molecule has 1 aliphatic carbocycles. The van der Waals surface area contributed by atoms with Gasteiger partial charge in [0.25, 0.3) is 5.56 Å². The van der Waals surface area contributed by atoms with Crippen LogP contribution in [0.4, 0.5) is 0 Å². The highest BCUT2D eigenvalue weighted by atomic mass is 16.5. The predicted molar refractivity (Wildman–Crippen MR) is 117 cm³/mol. The molecule has 154 valence electrons. The molecule has 1 saturated carbocycles. The fraction of sp³-hybridized carbons (Fsp3) is 0.500. The molecule has 4 rings (SSSR count). The van der Waals surface area contributed by atoms with Crippen molar-refractivity contribution in [2.45, 2.75) is 58.4 Å². The van der Waals surface area contributed by atoms with E-state index < -0.39 is 0 Å². The summed E-state index contributed by atoms with van der Waals surface area (Å²) in [6.07, 6.45) is 8.30. The first kappa shape index (κ1) is 19.9. The molecular formula is C24H31N3O2. The van der Waals surface area contributed by atoms with Crippen LogP contribution in [0, 0.1) is 6.92 Å². The summed E-state index contributed by atoms with van der Waals surface area (Å²) in [7, 11) is 1.81. The summed E-state index contributed by atoms with van der Waals surface area (Å²) in [5, 5.41) is 0. The molecule has 0 unspecified atom stereocenters. The van der Waals surface area contributed by atoms with Crippen LogP contribution in [0.2, 0.25) is 0 Å². The number of hydrogen-bond donors (Lipinski definition) is 0. The van der Waals surface area contributed by atoms with Crippen LogP contribution in [0.25, 0.3) is 22.2 Å².